The van der Waals surface area contributed by atoms with Crippen molar-refractivity contribution in [2.24, 2.45) is 12.5 Å². The predicted molar refractivity (Wildman–Crippen MR) is 140 cm³/mol. The van der Waals surface area contributed by atoms with Crippen molar-refractivity contribution in [1.29, 1.82) is 0 Å². The summed E-state index contributed by atoms with van der Waals surface area (Å²) in [4.78, 5) is 0. The number of nitrogens with zero attached hydrogens (tertiary/aromatic N) is 1. The van der Waals surface area contributed by atoms with E-state index in [1.807, 2.05) is 0 Å². The molecule has 1 heteroatoms. The quantitative estimate of drug-likeness (QED) is 0.285. The lowest BCUT2D eigenvalue weighted by Crippen LogP contribution is -2.31. The lowest BCUT2D eigenvalue weighted by Gasteiger charge is -2.34. The van der Waals surface area contributed by atoms with Crippen LogP contribution in [0.25, 0.3) is 33.2 Å². The molecule has 0 amide bonds. The molecular formula is C32H36N+. The van der Waals surface area contributed by atoms with Crippen LogP contribution in [-0.4, -0.2) is 0 Å². The summed E-state index contributed by atoms with van der Waals surface area (Å²) in [6.45, 7) is 9.34. The van der Waals surface area contributed by atoms with Gasteiger partial charge in [-0.2, -0.15) is 0 Å². The second kappa shape index (κ2) is 8.45. The van der Waals surface area contributed by atoms with Crippen LogP contribution in [0.2, 0.25) is 0 Å². The zero-order valence-corrected chi connectivity index (χ0v) is 20.8. The maximum absolute atomic E-state index is 2.46. The third-order valence-electron chi connectivity index (χ3n) is 8.00. The standard InChI is InChI=1S/C32H36N/c1-22-19-28(24-9-7-6-8-10-24)21-30(23(22)2)31-29-12-11-26(20-27(29)15-18-33(31)5)25-13-16-32(3,4)17-14-25/h6-12,15,18-21,25H,13-14,16-17H2,1-5H3/q+1. The SMILES string of the molecule is Cc1cc(-c2ccccc2)cc(-c2c3ccc(C4CCC(C)(C)CC4)cc3cc[n+]2C)c1C. The molecule has 3 aromatic carbocycles. The molecule has 0 atom stereocenters. The molecule has 0 radical (unpaired) electrons. The van der Waals surface area contributed by atoms with Crippen LogP contribution >= 0.6 is 0 Å². The van der Waals surface area contributed by atoms with Gasteiger partial charge in [0.2, 0.25) is 5.69 Å². The Balaban J connectivity index is 1.62. The van der Waals surface area contributed by atoms with E-state index >= 15 is 0 Å². The molecule has 0 N–H and O–H groups in total. The van der Waals surface area contributed by atoms with Gasteiger partial charge in [-0.3, -0.25) is 0 Å². The first-order chi connectivity index (χ1) is 15.8. The Morgan fingerprint density at radius 3 is 2.27 bits per heavy atom. The summed E-state index contributed by atoms with van der Waals surface area (Å²) in [5, 5.41) is 2.69. The minimum Gasteiger partial charge on any atom is -0.200 e. The fraction of sp³-hybridized carbons (Fsp3) is 0.344. The van der Waals surface area contributed by atoms with Crippen molar-refractivity contribution in [2.45, 2.75) is 59.3 Å². The van der Waals surface area contributed by atoms with Crippen LogP contribution in [0, 0.1) is 19.3 Å². The second-order valence-electron chi connectivity index (χ2n) is 10.9. The molecule has 33 heavy (non-hydrogen) atoms. The van der Waals surface area contributed by atoms with Crippen LogP contribution in [0.15, 0.2) is 72.9 Å². The predicted octanol–water partition coefficient (Wildman–Crippen LogP) is 8.30. The highest BCUT2D eigenvalue weighted by Crippen LogP contribution is 2.43. The normalized spacial score (nSPS) is 16.3. The summed E-state index contributed by atoms with van der Waals surface area (Å²) in [7, 11) is 2.18. The van der Waals surface area contributed by atoms with E-state index in [1.54, 1.807) is 0 Å². The van der Waals surface area contributed by atoms with Crippen molar-refractivity contribution < 1.29 is 4.57 Å². The molecule has 1 aliphatic carbocycles. The van der Waals surface area contributed by atoms with E-state index in [0.29, 0.717) is 11.3 Å². The maximum atomic E-state index is 2.46. The van der Waals surface area contributed by atoms with Crippen LogP contribution in [0.1, 0.15) is 62.1 Å². The van der Waals surface area contributed by atoms with Crippen LogP contribution in [0.4, 0.5) is 0 Å². The van der Waals surface area contributed by atoms with Crippen molar-refractivity contribution in [2.75, 3.05) is 0 Å². The fourth-order valence-corrected chi connectivity index (χ4v) is 5.62. The van der Waals surface area contributed by atoms with E-state index in [-0.39, 0.29) is 0 Å². The summed E-state index contributed by atoms with van der Waals surface area (Å²) >= 11 is 0. The smallest absolute Gasteiger partial charge is 0.200 e. The number of hydrogen-bond acceptors (Lipinski definition) is 0. The van der Waals surface area contributed by atoms with Gasteiger partial charge < -0.3 is 0 Å². The maximum Gasteiger partial charge on any atom is 0.220 e. The monoisotopic (exact) mass is 434 g/mol. The van der Waals surface area contributed by atoms with Gasteiger partial charge in [-0.05, 0) is 96.2 Å². The van der Waals surface area contributed by atoms with E-state index in [2.05, 4.69) is 112 Å². The van der Waals surface area contributed by atoms with Gasteiger partial charge in [0.15, 0.2) is 6.20 Å². The molecule has 4 aromatic rings. The Hall–Kier alpha value is -2.93. The molecule has 168 valence electrons. The Kier molecular flexibility index (Phi) is 5.60. The number of fused-ring (bicyclic) bond motifs is 1. The van der Waals surface area contributed by atoms with Gasteiger partial charge in [-0.25, -0.2) is 4.57 Å². The van der Waals surface area contributed by atoms with Crippen LogP contribution < -0.4 is 4.57 Å². The minimum absolute atomic E-state index is 0.507. The first-order valence-corrected chi connectivity index (χ1v) is 12.4. The minimum atomic E-state index is 0.507. The van der Waals surface area contributed by atoms with Gasteiger partial charge in [-0.1, -0.05) is 62.4 Å². The molecule has 0 spiro atoms. The topological polar surface area (TPSA) is 3.88 Å². The number of pyridine rings is 1. The highest BCUT2D eigenvalue weighted by molar-refractivity contribution is 5.95. The molecule has 0 aliphatic heterocycles. The molecule has 0 unspecified atom stereocenters. The highest BCUT2D eigenvalue weighted by Gasteiger charge is 2.28. The molecule has 1 saturated carbocycles. The second-order valence-corrected chi connectivity index (χ2v) is 10.9. The Bertz CT molecular complexity index is 1300. The third kappa shape index (κ3) is 4.22. The summed E-state index contributed by atoms with van der Waals surface area (Å²) in [6, 6.07) is 25.0. The molecule has 5 rings (SSSR count). The van der Waals surface area contributed by atoms with Gasteiger partial charge in [0.25, 0.3) is 0 Å². The number of hydrogen-bond donors (Lipinski definition) is 0. The number of aromatic nitrogens is 1. The lowest BCUT2D eigenvalue weighted by atomic mass is 9.71. The van der Waals surface area contributed by atoms with E-state index in [0.717, 1.165) is 0 Å². The van der Waals surface area contributed by atoms with Crippen molar-refractivity contribution >= 4 is 10.8 Å². The molecule has 1 fully saturated rings. The average molecular weight is 435 g/mol. The molecule has 0 saturated heterocycles. The largest absolute Gasteiger partial charge is 0.220 e. The zero-order chi connectivity index (χ0) is 23.2. The van der Waals surface area contributed by atoms with Gasteiger partial charge >= 0.3 is 0 Å². The van der Waals surface area contributed by atoms with E-state index in [4.69, 9.17) is 0 Å². The van der Waals surface area contributed by atoms with Crippen LogP contribution in [0.3, 0.4) is 0 Å². The fourth-order valence-electron chi connectivity index (χ4n) is 5.62. The molecule has 0 bridgehead atoms. The van der Waals surface area contributed by atoms with Crippen molar-refractivity contribution in [3.63, 3.8) is 0 Å². The van der Waals surface area contributed by atoms with Crippen molar-refractivity contribution in [3.8, 4) is 22.4 Å². The van der Waals surface area contributed by atoms with Crippen molar-refractivity contribution in [3.05, 3.63) is 89.6 Å². The molecule has 1 heterocycles. The molecule has 1 nitrogen and oxygen atoms in total. The first kappa shape index (κ1) is 21.9. The van der Waals surface area contributed by atoms with Gasteiger partial charge in [0, 0.05) is 6.07 Å². The van der Waals surface area contributed by atoms with Gasteiger partial charge in [-0.15, -0.1) is 0 Å². The van der Waals surface area contributed by atoms with Gasteiger partial charge in [0.1, 0.15) is 7.05 Å². The summed E-state index contributed by atoms with van der Waals surface area (Å²) in [5.41, 5.74) is 9.91. The molecule has 1 aromatic heterocycles. The molecule has 1 aliphatic rings. The highest BCUT2D eigenvalue weighted by atomic mass is 14.9. The lowest BCUT2D eigenvalue weighted by molar-refractivity contribution is -0.659. The summed E-state index contributed by atoms with van der Waals surface area (Å²) in [6.07, 6.45) is 7.51. The Morgan fingerprint density at radius 1 is 0.818 bits per heavy atom. The number of benzene rings is 3. The zero-order valence-electron chi connectivity index (χ0n) is 20.8. The van der Waals surface area contributed by atoms with E-state index in [1.165, 1.54) is 75.5 Å². The van der Waals surface area contributed by atoms with Crippen molar-refractivity contribution in [1.82, 2.24) is 0 Å². The molecular weight excluding hydrogens is 398 g/mol. The Labute approximate surface area is 199 Å². The summed E-state index contributed by atoms with van der Waals surface area (Å²) < 4.78 is 2.29. The van der Waals surface area contributed by atoms with Crippen LogP contribution in [0.5, 0.6) is 0 Å². The third-order valence-corrected chi connectivity index (χ3v) is 8.00. The van der Waals surface area contributed by atoms with E-state index in [9.17, 15) is 0 Å². The van der Waals surface area contributed by atoms with Gasteiger partial charge in [0.05, 0.1) is 10.9 Å². The van der Waals surface area contributed by atoms with E-state index < -0.39 is 0 Å². The summed E-state index contributed by atoms with van der Waals surface area (Å²) in [5.74, 6) is 0.699. The Morgan fingerprint density at radius 2 is 1.55 bits per heavy atom. The number of rotatable bonds is 3. The average Bonchev–Trinajstić information content (AvgIpc) is 2.81. The van der Waals surface area contributed by atoms with Crippen LogP contribution in [-0.2, 0) is 7.05 Å². The first-order valence-electron chi connectivity index (χ1n) is 12.4. The number of aryl methyl sites for hydroxylation is 2.